The number of fused-ring (bicyclic) bond motifs is 1. The molecule has 4 rings (SSSR count). The van der Waals surface area contributed by atoms with Gasteiger partial charge in [-0.3, -0.25) is 0 Å². The van der Waals surface area contributed by atoms with Crippen molar-refractivity contribution in [1.82, 2.24) is 0 Å². The first kappa shape index (κ1) is 10.2. The fraction of sp³-hybridized carbons (Fsp3) is 1.00. The third-order valence-electron chi connectivity index (χ3n) is 5.08. The zero-order chi connectivity index (χ0) is 10.7. The Morgan fingerprint density at radius 3 is 3.00 bits per heavy atom. The Labute approximate surface area is 101 Å². The average molecular weight is 240 g/mol. The molecule has 3 aliphatic heterocycles. The van der Waals surface area contributed by atoms with Crippen LogP contribution in [0.3, 0.4) is 0 Å². The highest BCUT2D eigenvalue weighted by Gasteiger charge is 2.63. The first-order valence-corrected chi connectivity index (χ1v) is 7.75. The minimum atomic E-state index is 0.471. The van der Waals surface area contributed by atoms with Crippen molar-refractivity contribution in [3.63, 3.8) is 0 Å². The Kier molecular flexibility index (Phi) is 2.32. The molecular formula is C13H20O2S. The van der Waals surface area contributed by atoms with Crippen LogP contribution in [0, 0.1) is 23.7 Å². The fourth-order valence-electron chi connectivity index (χ4n) is 4.41. The maximum atomic E-state index is 6.28. The minimum absolute atomic E-state index is 0.471. The van der Waals surface area contributed by atoms with Gasteiger partial charge in [0.05, 0.1) is 12.7 Å². The van der Waals surface area contributed by atoms with Crippen LogP contribution in [-0.2, 0) is 9.47 Å². The summed E-state index contributed by atoms with van der Waals surface area (Å²) in [7, 11) is 0. The Bertz CT molecular complexity index is 296. The van der Waals surface area contributed by atoms with Gasteiger partial charge < -0.3 is 9.47 Å². The lowest BCUT2D eigenvalue weighted by atomic mass is 9.84. The van der Waals surface area contributed by atoms with Crippen LogP contribution < -0.4 is 0 Å². The molecule has 7 unspecified atom stereocenters. The Morgan fingerprint density at radius 2 is 2.12 bits per heavy atom. The first-order valence-electron chi connectivity index (χ1n) is 6.81. The van der Waals surface area contributed by atoms with Crippen molar-refractivity contribution in [3.8, 4) is 0 Å². The van der Waals surface area contributed by atoms with Gasteiger partial charge in [-0.15, -0.1) is 0 Å². The van der Waals surface area contributed by atoms with Crippen molar-refractivity contribution >= 4 is 11.8 Å². The van der Waals surface area contributed by atoms with E-state index in [0.717, 1.165) is 30.3 Å². The van der Waals surface area contributed by atoms with Crippen molar-refractivity contribution in [1.29, 1.82) is 0 Å². The molecule has 0 N–H and O–H groups in total. The topological polar surface area (TPSA) is 18.5 Å². The van der Waals surface area contributed by atoms with Gasteiger partial charge in [0.1, 0.15) is 10.9 Å². The molecule has 0 spiro atoms. The van der Waals surface area contributed by atoms with Crippen LogP contribution >= 0.6 is 11.8 Å². The molecule has 4 aliphatic rings. The molecule has 90 valence electrons. The largest absolute Gasteiger partial charge is 0.367 e. The third kappa shape index (κ3) is 1.23. The average Bonchev–Trinajstić information content (AvgIpc) is 2.90. The maximum Gasteiger partial charge on any atom is 0.109 e. The van der Waals surface area contributed by atoms with E-state index in [1.807, 2.05) is 11.8 Å². The van der Waals surface area contributed by atoms with Gasteiger partial charge in [-0.2, -0.15) is 0 Å². The standard InChI is InChI=1S/C13H20O2S/c1-2-3-4-10-11-8-5-7-9(11)6-14-12(7)16-13(8)15-10/h7-13H,2-6H2,1H3. The molecule has 4 fully saturated rings. The second kappa shape index (κ2) is 3.63. The van der Waals surface area contributed by atoms with Crippen molar-refractivity contribution in [2.24, 2.45) is 23.7 Å². The predicted molar refractivity (Wildman–Crippen MR) is 64.1 cm³/mol. The first-order chi connectivity index (χ1) is 7.88. The molecule has 3 heterocycles. The van der Waals surface area contributed by atoms with Crippen LogP contribution in [0.15, 0.2) is 0 Å². The number of ether oxygens (including phenoxy) is 2. The van der Waals surface area contributed by atoms with Gasteiger partial charge in [0.2, 0.25) is 0 Å². The van der Waals surface area contributed by atoms with Gasteiger partial charge >= 0.3 is 0 Å². The summed E-state index contributed by atoms with van der Waals surface area (Å²) in [4.78, 5) is 0. The molecule has 3 heteroatoms. The molecule has 1 saturated carbocycles. The molecule has 0 amide bonds. The smallest absolute Gasteiger partial charge is 0.109 e. The van der Waals surface area contributed by atoms with Crippen LogP contribution in [0.5, 0.6) is 0 Å². The molecule has 2 nitrogen and oxygen atoms in total. The molecule has 0 aromatic carbocycles. The van der Waals surface area contributed by atoms with Crippen LogP contribution in [0.4, 0.5) is 0 Å². The second-order valence-corrected chi connectivity index (χ2v) is 7.03. The Hall–Kier alpha value is 0.270. The van der Waals surface area contributed by atoms with Gasteiger partial charge in [-0.25, -0.2) is 0 Å². The van der Waals surface area contributed by atoms with Crippen molar-refractivity contribution in [2.75, 3.05) is 6.61 Å². The van der Waals surface area contributed by atoms with E-state index in [9.17, 15) is 0 Å². The van der Waals surface area contributed by atoms with E-state index < -0.39 is 0 Å². The van der Waals surface area contributed by atoms with Crippen molar-refractivity contribution in [3.05, 3.63) is 0 Å². The SMILES string of the molecule is CCCCC1OC2SC3OCC4C3CC2C14. The van der Waals surface area contributed by atoms with Gasteiger partial charge in [0.25, 0.3) is 0 Å². The monoisotopic (exact) mass is 240 g/mol. The van der Waals surface area contributed by atoms with E-state index in [-0.39, 0.29) is 0 Å². The van der Waals surface area contributed by atoms with Crippen molar-refractivity contribution < 1.29 is 9.47 Å². The minimum Gasteiger partial charge on any atom is -0.367 e. The summed E-state index contributed by atoms with van der Waals surface area (Å²) in [5.74, 6) is 3.39. The number of thioether (sulfide) groups is 1. The summed E-state index contributed by atoms with van der Waals surface area (Å²) < 4.78 is 12.2. The summed E-state index contributed by atoms with van der Waals surface area (Å²) in [6, 6.07) is 0. The van der Waals surface area contributed by atoms with E-state index >= 15 is 0 Å². The van der Waals surface area contributed by atoms with Crippen LogP contribution in [-0.4, -0.2) is 23.6 Å². The summed E-state index contributed by atoms with van der Waals surface area (Å²) >= 11 is 1.99. The number of hydrogen-bond acceptors (Lipinski definition) is 3. The normalized spacial score (nSPS) is 57.2. The predicted octanol–water partition coefficient (Wildman–Crippen LogP) is 2.87. The molecular weight excluding hydrogens is 220 g/mol. The van der Waals surface area contributed by atoms with Gasteiger partial charge in [0.15, 0.2) is 0 Å². The number of unbranched alkanes of at least 4 members (excludes halogenated alkanes) is 1. The van der Waals surface area contributed by atoms with E-state index in [0.29, 0.717) is 17.0 Å². The Morgan fingerprint density at radius 1 is 1.19 bits per heavy atom. The molecule has 16 heavy (non-hydrogen) atoms. The van der Waals surface area contributed by atoms with Crippen LogP contribution in [0.25, 0.3) is 0 Å². The highest BCUT2D eigenvalue weighted by Crippen LogP contribution is 2.64. The quantitative estimate of drug-likeness (QED) is 0.756. The summed E-state index contributed by atoms with van der Waals surface area (Å²) in [5, 5.41) is 0. The molecule has 0 radical (unpaired) electrons. The van der Waals surface area contributed by atoms with E-state index in [2.05, 4.69) is 6.92 Å². The maximum absolute atomic E-state index is 6.28. The van der Waals surface area contributed by atoms with Gasteiger partial charge in [0, 0.05) is 11.8 Å². The highest BCUT2D eigenvalue weighted by molar-refractivity contribution is 8.00. The lowest BCUT2D eigenvalue weighted by molar-refractivity contribution is 0.0436. The Balaban J connectivity index is 1.59. The van der Waals surface area contributed by atoms with Crippen molar-refractivity contribution in [2.45, 2.75) is 49.6 Å². The van der Waals surface area contributed by atoms with Crippen LogP contribution in [0.1, 0.15) is 32.6 Å². The molecule has 1 aliphatic carbocycles. The summed E-state index contributed by atoms with van der Waals surface area (Å²) in [6.45, 7) is 3.29. The van der Waals surface area contributed by atoms with Gasteiger partial charge in [-0.1, -0.05) is 31.5 Å². The molecule has 3 saturated heterocycles. The van der Waals surface area contributed by atoms with E-state index in [1.54, 1.807) is 0 Å². The van der Waals surface area contributed by atoms with E-state index in [4.69, 9.17) is 9.47 Å². The number of rotatable bonds is 3. The van der Waals surface area contributed by atoms with Gasteiger partial charge in [-0.05, 0) is 24.7 Å². The zero-order valence-corrected chi connectivity index (χ0v) is 10.6. The number of hydrogen-bond donors (Lipinski definition) is 0. The third-order valence-corrected chi connectivity index (χ3v) is 6.57. The highest BCUT2D eigenvalue weighted by atomic mass is 32.2. The summed E-state index contributed by atoms with van der Waals surface area (Å²) in [6.07, 6.45) is 5.85. The molecule has 2 bridgehead atoms. The molecule has 0 aromatic rings. The zero-order valence-electron chi connectivity index (χ0n) is 9.80. The molecule has 0 aromatic heterocycles. The van der Waals surface area contributed by atoms with E-state index in [1.165, 1.54) is 25.7 Å². The van der Waals surface area contributed by atoms with Crippen LogP contribution in [0.2, 0.25) is 0 Å². The lowest BCUT2D eigenvalue weighted by Gasteiger charge is -2.29. The molecule has 7 atom stereocenters. The summed E-state index contributed by atoms with van der Waals surface area (Å²) in [5.41, 5.74) is 0.946. The lowest BCUT2D eigenvalue weighted by Crippen LogP contribution is -2.28. The second-order valence-electron chi connectivity index (χ2n) is 5.83. The fourth-order valence-corrected chi connectivity index (χ4v) is 6.04.